The number of carboxylic acids is 1. The standard InChI is InChI=1S/C7H11NO4.Cd/c9-6(10)5-3-1-2-4-8(5)7(11)12;/h5H,1-4H2,(H,9,10)(H,11,12);. The van der Waals surface area contributed by atoms with Crippen molar-refractivity contribution in [2.45, 2.75) is 25.3 Å². The number of nitrogens with zero attached hydrogens (tertiary/aromatic N) is 1. The second kappa shape index (κ2) is 5.40. The third-order valence-corrected chi connectivity index (χ3v) is 2.03. The Kier molecular flexibility index (Phi) is 5.26. The Morgan fingerprint density at radius 3 is 2.23 bits per heavy atom. The maximum Gasteiger partial charge on any atom is 0.408 e. The fraction of sp³-hybridized carbons (Fsp3) is 0.714. The van der Waals surface area contributed by atoms with E-state index in [9.17, 15) is 9.59 Å². The van der Waals surface area contributed by atoms with Crippen LogP contribution >= 0.6 is 0 Å². The molecule has 0 radical (unpaired) electrons. The van der Waals surface area contributed by atoms with Crippen LogP contribution in [0, 0.1) is 0 Å². The number of hydrogen-bond acceptors (Lipinski definition) is 2. The molecule has 1 amide bonds. The fourth-order valence-corrected chi connectivity index (χ4v) is 1.42. The van der Waals surface area contributed by atoms with Crippen LogP contribution in [0.25, 0.3) is 0 Å². The van der Waals surface area contributed by atoms with E-state index in [0.717, 1.165) is 17.7 Å². The number of amides is 1. The molecule has 1 heterocycles. The molecule has 0 aliphatic carbocycles. The van der Waals surface area contributed by atoms with Gasteiger partial charge in [0.2, 0.25) is 0 Å². The molecular weight excluding hydrogens is 274 g/mol. The molecule has 1 atom stereocenters. The van der Waals surface area contributed by atoms with Crippen LogP contribution in [0.3, 0.4) is 0 Å². The van der Waals surface area contributed by atoms with Crippen molar-refractivity contribution < 1.29 is 47.1 Å². The van der Waals surface area contributed by atoms with Crippen molar-refractivity contribution in [3.05, 3.63) is 0 Å². The SMILES string of the molecule is O=C(O)C1CCCCN1C(=O)O.[Cd]. The van der Waals surface area contributed by atoms with Crippen molar-refractivity contribution in [2.24, 2.45) is 0 Å². The van der Waals surface area contributed by atoms with Crippen LogP contribution in [-0.4, -0.2) is 39.8 Å². The maximum absolute atomic E-state index is 10.6. The summed E-state index contributed by atoms with van der Waals surface area (Å²) in [6.07, 6.45) is 0.848. The number of likely N-dealkylation sites (tertiary alicyclic amines) is 1. The van der Waals surface area contributed by atoms with Gasteiger partial charge < -0.3 is 10.2 Å². The Balaban J connectivity index is 0.00000144. The van der Waals surface area contributed by atoms with E-state index in [1.807, 2.05) is 0 Å². The summed E-state index contributed by atoms with van der Waals surface area (Å²) >= 11 is 0. The molecule has 2 N–H and O–H groups in total. The van der Waals surface area contributed by atoms with Gasteiger partial charge in [0.05, 0.1) is 0 Å². The van der Waals surface area contributed by atoms with Gasteiger partial charge in [0.25, 0.3) is 0 Å². The first-order chi connectivity index (χ1) is 5.63. The molecular formula is C7H11CdNO4. The Morgan fingerprint density at radius 1 is 1.23 bits per heavy atom. The Morgan fingerprint density at radius 2 is 1.85 bits per heavy atom. The molecule has 1 saturated heterocycles. The van der Waals surface area contributed by atoms with Crippen molar-refractivity contribution in [2.75, 3.05) is 6.54 Å². The molecule has 13 heavy (non-hydrogen) atoms. The normalized spacial score (nSPS) is 21.8. The first-order valence-electron chi connectivity index (χ1n) is 3.85. The summed E-state index contributed by atoms with van der Waals surface area (Å²) < 4.78 is 0. The predicted molar refractivity (Wildman–Crippen MR) is 40.0 cm³/mol. The summed E-state index contributed by atoms with van der Waals surface area (Å²) in [5.74, 6) is -1.04. The summed E-state index contributed by atoms with van der Waals surface area (Å²) in [6, 6.07) is -0.837. The van der Waals surface area contributed by atoms with Crippen molar-refractivity contribution in [3.63, 3.8) is 0 Å². The molecule has 0 bridgehead atoms. The van der Waals surface area contributed by atoms with Gasteiger partial charge in [-0.15, -0.1) is 0 Å². The molecule has 6 heteroatoms. The first kappa shape index (κ1) is 12.7. The quantitative estimate of drug-likeness (QED) is 0.692. The van der Waals surface area contributed by atoms with Gasteiger partial charge in [0.1, 0.15) is 6.04 Å². The van der Waals surface area contributed by atoms with Crippen LogP contribution < -0.4 is 0 Å². The smallest absolute Gasteiger partial charge is 0.408 e. The molecule has 1 aliphatic rings. The van der Waals surface area contributed by atoms with E-state index in [-0.39, 0.29) is 27.3 Å². The third-order valence-electron chi connectivity index (χ3n) is 2.03. The van der Waals surface area contributed by atoms with Gasteiger partial charge in [-0.3, -0.25) is 4.90 Å². The summed E-state index contributed by atoms with van der Waals surface area (Å²) in [5, 5.41) is 17.3. The van der Waals surface area contributed by atoms with Gasteiger partial charge >= 0.3 is 12.1 Å². The zero-order valence-corrected chi connectivity index (χ0v) is 11.3. The molecule has 0 aromatic carbocycles. The maximum atomic E-state index is 10.6. The fourth-order valence-electron chi connectivity index (χ4n) is 1.42. The predicted octanol–water partition coefficient (Wildman–Crippen LogP) is 0.601. The molecule has 0 spiro atoms. The van der Waals surface area contributed by atoms with E-state index in [1.54, 1.807) is 0 Å². The molecule has 5 nitrogen and oxygen atoms in total. The Hall–Kier alpha value is -0.338. The van der Waals surface area contributed by atoms with Crippen molar-refractivity contribution in [1.82, 2.24) is 4.90 Å². The van der Waals surface area contributed by atoms with Crippen LogP contribution in [-0.2, 0) is 32.1 Å². The Bertz CT molecular complexity index is 187. The van der Waals surface area contributed by atoms with Crippen molar-refractivity contribution in [3.8, 4) is 0 Å². The van der Waals surface area contributed by atoms with Crippen LogP contribution in [0.2, 0.25) is 0 Å². The molecule has 0 aromatic rings. The largest absolute Gasteiger partial charge is 0.480 e. The molecule has 0 saturated carbocycles. The number of hydrogen-bond donors (Lipinski definition) is 2. The number of carboxylic acid groups (broad SMARTS) is 2. The minimum Gasteiger partial charge on any atom is -0.480 e. The van der Waals surface area contributed by atoms with Gasteiger partial charge in [-0.05, 0) is 19.3 Å². The molecule has 1 unspecified atom stereocenters. The van der Waals surface area contributed by atoms with E-state index >= 15 is 0 Å². The van der Waals surface area contributed by atoms with Gasteiger partial charge in [-0.2, -0.15) is 0 Å². The molecule has 1 rings (SSSR count). The average Bonchev–Trinajstić information content (AvgIpc) is 2.04. The topological polar surface area (TPSA) is 77.8 Å². The minimum absolute atomic E-state index is 0. The monoisotopic (exact) mass is 287 g/mol. The summed E-state index contributed by atoms with van der Waals surface area (Å²) in [6.45, 7) is 0.340. The van der Waals surface area contributed by atoms with Crippen LogP contribution in [0.1, 0.15) is 19.3 Å². The van der Waals surface area contributed by atoms with Gasteiger partial charge in [-0.25, -0.2) is 9.59 Å². The Labute approximate surface area is 95.9 Å². The first-order valence-corrected chi connectivity index (χ1v) is 3.85. The molecule has 70 valence electrons. The van der Waals surface area contributed by atoms with Crippen LogP contribution in [0.15, 0.2) is 0 Å². The summed E-state index contributed by atoms with van der Waals surface area (Å²) in [5.41, 5.74) is 0. The van der Waals surface area contributed by atoms with E-state index in [4.69, 9.17) is 10.2 Å². The number of aliphatic carboxylic acids is 1. The van der Waals surface area contributed by atoms with Gasteiger partial charge in [0.15, 0.2) is 0 Å². The van der Waals surface area contributed by atoms with E-state index in [2.05, 4.69) is 0 Å². The zero-order chi connectivity index (χ0) is 9.14. The molecule has 0 aromatic heterocycles. The molecule has 1 aliphatic heterocycles. The second-order valence-electron chi connectivity index (χ2n) is 2.83. The van der Waals surface area contributed by atoms with Crippen molar-refractivity contribution >= 4 is 12.1 Å². The minimum atomic E-state index is -1.14. The van der Waals surface area contributed by atoms with Gasteiger partial charge in [0, 0.05) is 33.8 Å². The van der Waals surface area contributed by atoms with E-state index in [1.165, 1.54) is 0 Å². The third kappa shape index (κ3) is 3.13. The van der Waals surface area contributed by atoms with Crippen LogP contribution in [0.4, 0.5) is 4.79 Å². The van der Waals surface area contributed by atoms with Crippen LogP contribution in [0.5, 0.6) is 0 Å². The molecule has 1 fully saturated rings. The number of piperidine rings is 1. The zero-order valence-electron chi connectivity index (χ0n) is 7.27. The average molecular weight is 286 g/mol. The summed E-state index contributed by atoms with van der Waals surface area (Å²) in [7, 11) is 0. The second-order valence-corrected chi connectivity index (χ2v) is 2.83. The van der Waals surface area contributed by atoms with E-state index < -0.39 is 18.1 Å². The van der Waals surface area contributed by atoms with Gasteiger partial charge in [-0.1, -0.05) is 0 Å². The van der Waals surface area contributed by atoms with Crippen molar-refractivity contribution in [1.29, 1.82) is 0 Å². The number of carbonyl (C=O) groups is 2. The summed E-state index contributed by atoms with van der Waals surface area (Å²) in [4.78, 5) is 22.1. The number of rotatable bonds is 1. The van der Waals surface area contributed by atoms with E-state index in [0.29, 0.717) is 13.0 Å².